The van der Waals surface area contributed by atoms with Crippen molar-refractivity contribution in [2.24, 2.45) is 0 Å². The van der Waals surface area contributed by atoms with Crippen LogP contribution in [0.4, 0.5) is 5.95 Å². The predicted octanol–water partition coefficient (Wildman–Crippen LogP) is 3.52. The van der Waals surface area contributed by atoms with Crippen molar-refractivity contribution in [3.8, 4) is 0 Å². The Kier molecular flexibility index (Phi) is 8.31. The van der Waals surface area contributed by atoms with Crippen LogP contribution in [0.2, 0.25) is 18.1 Å². The highest BCUT2D eigenvalue weighted by atomic mass is 28.4. The normalized spacial score (nSPS) is 21.5. The lowest BCUT2D eigenvalue weighted by Gasteiger charge is -2.41. The molecule has 1 fully saturated rings. The van der Waals surface area contributed by atoms with Crippen LogP contribution in [0.3, 0.4) is 0 Å². The zero-order valence-corrected chi connectivity index (χ0v) is 24.9. The molecule has 0 aliphatic carbocycles. The van der Waals surface area contributed by atoms with Gasteiger partial charge in [-0.05, 0) is 23.7 Å². The maximum atomic E-state index is 13.5. The highest BCUT2D eigenvalue weighted by Crippen LogP contribution is 2.46. The molecule has 0 radical (unpaired) electrons. The van der Waals surface area contributed by atoms with Crippen LogP contribution in [0.25, 0.3) is 11.2 Å². The number of amides is 1. The Morgan fingerprint density at radius 2 is 1.95 bits per heavy atom. The van der Waals surface area contributed by atoms with E-state index in [0.717, 1.165) is 5.56 Å². The lowest BCUT2D eigenvalue weighted by Crippen LogP contribution is -2.57. The molecule has 1 aliphatic heterocycles. The van der Waals surface area contributed by atoms with Crippen LogP contribution < -0.4 is 10.9 Å². The zero-order chi connectivity index (χ0) is 29.3. The second-order valence-corrected chi connectivity index (χ2v) is 16.2. The van der Waals surface area contributed by atoms with Crippen LogP contribution >= 0.6 is 0 Å². The van der Waals surface area contributed by atoms with Gasteiger partial charge in [0.25, 0.3) is 5.56 Å². The van der Waals surface area contributed by atoms with Gasteiger partial charge in [-0.2, -0.15) is 4.98 Å². The van der Waals surface area contributed by atoms with Crippen LogP contribution in [0.1, 0.15) is 45.9 Å². The van der Waals surface area contributed by atoms with Crippen LogP contribution in [0.15, 0.2) is 41.5 Å². The van der Waals surface area contributed by atoms with Crippen LogP contribution in [0.5, 0.6) is 0 Å². The molecule has 13 heteroatoms. The molecule has 0 unspecified atom stereocenters. The highest BCUT2D eigenvalue weighted by Gasteiger charge is 2.59. The number of nitrogens with one attached hydrogen (secondary N) is 2. The summed E-state index contributed by atoms with van der Waals surface area (Å²) in [7, 11) is -1.11. The van der Waals surface area contributed by atoms with E-state index in [1.54, 1.807) is 4.57 Å². The summed E-state index contributed by atoms with van der Waals surface area (Å²) in [6.07, 6.45) is 0.150. The third-order valence-electron chi connectivity index (χ3n) is 7.52. The molecule has 0 saturated carbocycles. The summed E-state index contributed by atoms with van der Waals surface area (Å²) in [5, 5.41) is 2.34. The number of fused-ring (bicyclic) bond motifs is 1. The number of imidazole rings is 1. The number of ether oxygens (including phenoxy) is 3. The fourth-order valence-electron chi connectivity index (χ4n) is 4.38. The smallest absolute Gasteiger partial charge is 0.343 e. The van der Waals surface area contributed by atoms with Crippen molar-refractivity contribution >= 4 is 37.3 Å². The second kappa shape index (κ2) is 11.2. The number of anilines is 1. The molecule has 4 rings (SSSR count). The Bertz CT molecular complexity index is 1430. The van der Waals surface area contributed by atoms with Gasteiger partial charge in [0, 0.05) is 13.3 Å². The summed E-state index contributed by atoms with van der Waals surface area (Å²) in [5.41, 5.74) is -0.925. The molecule has 40 heavy (non-hydrogen) atoms. The van der Waals surface area contributed by atoms with Crippen molar-refractivity contribution in [2.45, 2.75) is 76.8 Å². The molecule has 1 aliphatic rings. The Labute approximate surface area is 233 Å². The van der Waals surface area contributed by atoms with E-state index in [1.165, 1.54) is 20.4 Å². The molecule has 3 atom stereocenters. The monoisotopic (exact) mass is 571 g/mol. The minimum Gasteiger partial charge on any atom is -0.467 e. The van der Waals surface area contributed by atoms with Crippen molar-refractivity contribution in [2.75, 3.05) is 19.0 Å². The average molecular weight is 572 g/mol. The molecular weight excluding hydrogens is 534 g/mol. The van der Waals surface area contributed by atoms with Gasteiger partial charge in [0.2, 0.25) is 17.5 Å². The first-order chi connectivity index (χ1) is 18.8. The summed E-state index contributed by atoms with van der Waals surface area (Å²) >= 11 is 0. The summed E-state index contributed by atoms with van der Waals surface area (Å²) in [6, 6.07) is 9.60. The summed E-state index contributed by atoms with van der Waals surface area (Å²) < 4.78 is 26.2. The summed E-state index contributed by atoms with van der Waals surface area (Å²) in [4.78, 5) is 48.9. The van der Waals surface area contributed by atoms with Crippen LogP contribution in [-0.4, -0.2) is 65.1 Å². The van der Waals surface area contributed by atoms with E-state index in [1.807, 2.05) is 30.3 Å². The molecule has 0 spiro atoms. The molecule has 1 amide bonds. The van der Waals surface area contributed by atoms with E-state index < -0.39 is 43.7 Å². The predicted molar refractivity (Wildman–Crippen MR) is 150 cm³/mol. The Hall–Kier alpha value is -3.39. The first-order valence-electron chi connectivity index (χ1n) is 13.1. The van der Waals surface area contributed by atoms with Gasteiger partial charge < -0.3 is 18.6 Å². The zero-order valence-electron chi connectivity index (χ0n) is 23.9. The quantitative estimate of drug-likeness (QED) is 0.291. The largest absolute Gasteiger partial charge is 0.467 e. The van der Waals surface area contributed by atoms with E-state index in [2.05, 4.69) is 54.1 Å². The summed E-state index contributed by atoms with van der Waals surface area (Å²) in [5.74, 6) is -1.04. The minimum atomic E-state index is -2.41. The first-order valence-corrected chi connectivity index (χ1v) is 16.0. The lowest BCUT2D eigenvalue weighted by molar-refractivity contribution is -0.191. The number of methoxy groups -OCH3 is 1. The number of carbonyl (C=O) groups is 2. The van der Waals surface area contributed by atoms with Gasteiger partial charge in [-0.1, -0.05) is 51.1 Å². The average Bonchev–Trinajstić information content (AvgIpc) is 3.45. The number of aromatic nitrogens is 4. The number of nitrogens with zero attached hydrogens (tertiary/aromatic N) is 3. The molecule has 3 aromatic rings. The summed E-state index contributed by atoms with van der Waals surface area (Å²) in [6.45, 7) is 12.0. The Balaban J connectivity index is 1.74. The first kappa shape index (κ1) is 29.6. The van der Waals surface area contributed by atoms with Gasteiger partial charge in [0.15, 0.2) is 19.5 Å². The molecule has 2 N–H and O–H groups in total. The molecule has 3 heterocycles. The fraction of sp³-hybridized carbons (Fsp3) is 0.519. The SMILES string of the molecule is COC(=O)[C@]1(COCc2ccccc2)O[C@@H](n2cnc3c(=O)[nH]c(NC(C)=O)nc32)C[C@@H]1O[Si](C)(C)C(C)(C)C. The Morgan fingerprint density at radius 3 is 2.58 bits per heavy atom. The van der Waals surface area contributed by atoms with Crippen molar-refractivity contribution in [1.82, 2.24) is 19.5 Å². The molecule has 1 saturated heterocycles. The maximum absolute atomic E-state index is 13.5. The second-order valence-electron chi connectivity index (χ2n) is 11.5. The molecule has 12 nitrogen and oxygen atoms in total. The van der Waals surface area contributed by atoms with E-state index in [-0.39, 0.29) is 41.8 Å². The fourth-order valence-corrected chi connectivity index (χ4v) is 5.73. The number of hydrogen-bond donors (Lipinski definition) is 2. The van der Waals surface area contributed by atoms with E-state index >= 15 is 0 Å². The van der Waals surface area contributed by atoms with Crippen molar-refractivity contribution in [3.63, 3.8) is 0 Å². The number of esters is 1. The van der Waals surface area contributed by atoms with Gasteiger partial charge >= 0.3 is 5.97 Å². The number of rotatable bonds is 9. The van der Waals surface area contributed by atoms with Gasteiger partial charge in [0.05, 0.1) is 32.8 Å². The van der Waals surface area contributed by atoms with Crippen molar-refractivity contribution in [1.29, 1.82) is 0 Å². The van der Waals surface area contributed by atoms with Gasteiger partial charge in [-0.25, -0.2) is 9.78 Å². The Morgan fingerprint density at radius 1 is 1.25 bits per heavy atom. The molecule has 2 aromatic heterocycles. The molecule has 216 valence electrons. The number of benzene rings is 1. The van der Waals surface area contributed by atoms with Crippen LogP contribution in [0, 0.1) is 0 Å². The van der Waals surface area contributed by atoms with Gasteiger partial charge in [0.1, 0.15) is 6.23 Å². The van der Waals surface area contributed by atoms with Crippen molar-refractivity contribution in [3.05, 3.63) is 52.6 Å². The number of H-pyrrole nitrogens is 1. The van der Waals surface area contributed by atoms with Crippen LogP contribution in [-0.2, 0) is 34.8 Å². The standard InChI is InChI=1S/C27H37N5O7Si/c1-17(33)29-25-30-22-21(23(34)31-25)28-16-32(22)20-13-19(39-40(6,7)26(2,3)4)27(38-20,24(35)36-5)15-37-14-18-11-9-8-10-12-18/h8-12,16,19-20H,13-15H2,1-7H3,(H2,29,30,31,33,34)/t19-,20+,27+/m0/s1. The van der Waals surface area contributed by atoms with E-state index in [0.29, 0.717) is 0 Å². The maximum Gasteiger partial charge on any atom is 0.343 e. The molecule has 1 aromatic carbocycles. The molecule has 0 bridgehead atoms. The number of hydrogen-bond acceptors (Lipinski definition) is 9. The molecular formula is C27H37N5O7Si. The lowest BCUT2D eigenvalue weighted by atomic mass is 9.97. The highest BCUT2D eigenvalue weighted by molar-refractivity contribution is 6.74. The number of carbonyl (C=O) groups excluding carboxylic acids is 2. The van der Waals surface area contributed by atoms with Gasteiger partial charge in [-0.15, -0.1) is 0 Å². The number of aromatic amines is 1. The third-order valence-corrected chi connectivity index (χ3v) is 12.0. The topological polar surface area (TPSA) is 147 Å². The van der Waals surface area contributed by atoms with E-state index in [9.17, 15) is 14.4 Å². The van der Waals surface area contributed by atoms with Gasteiger partial charge in [-0.3, -0.25) is 24.5 Å². The van der Waals surface area contributed by atoms with Crippen molar-refractivity contribution < 1.29 is 28.2 Å². The third kappa shape index (κ3) is 5.87. The van der Waals surface area contributed by atoms with E-state index in [4.69, 9.17) is 18.6 Å². The minimum absolute atomic E-state index is 0.0238.